The van der Waals surface area contributed by atoms with Crippen LogP contribution in [-0.4, -0.2) is 39.9 Å². The minimum atomic E-state index is -0.585. The number of hydrogen-bond donors (Lipinski definition) is 0. The summed E-state index contributed by atoms with van der Waals surface area (Å²) in [5.41, 5.74) is 1.21. The first-order valence-corrected chi connectivity index (χ1v) is 10.5. The SMILES string of the molecule is COc1ccc(/C=C2\Oc3cc(OC(=O)c4ccc5c(c4)OCO5)ccc3C2=O)c(OC)c1OC. The Morgan fingerprint density at radius 1 is 0.857 bits per heavy atom. The highest BCUT2D eigenvalue weighted by molar-refractivity contribution is 6.14. The number of carbonyl (C=O) groups is 2. The predicted molar refractivity (Wildman–Crippen MR) is 123 cm³/mol. The molecule has 0 aromatic heterocycles. The molecule has 0 saturated carbocycles. The number of rotatable bonds is 6. The van der Waals surface area contributed by atoms with Crippen LogP contribution in [0, 0.1) is 0 Å². The fourth-order valence-electron chi connectivity index (χ4n) is 3.80. The van der Waals surface area contributed by atoms with Crippen LogP contribution in [0.25, 0.3) is 6.08 Å². The lowest BCUT2D eigenvalue weighted by atomic mass is 10.1. The number of benzene rings is 3. The van der Waals surface area contributed by atoms with Gasteiger partial charge in [-0.15, -0.1) is 0 Å². The van der Waals surface area contributed by atoms with Gasteiger partial charge in [0.1, 0.15) is 11.5 Å². The van der Waals surface area contributed by atoms with E-state index in [-0.39, 0.29) is 29.8 Å². The Bertz CT molecular complexity index is 1370. The Labute approximate surface area is 200 Å². The summed E-state index contributed by atoms with van der Waals surface area (Å²) < 4.78 is 38.0. The third-order valence-corrected chi connectivity index (χ3v) is 5.48. The summed E-state index contributed by atoms with van der Waals surface area (Å²) >= 11 is 0. The molecule has 0 bridgehead atoms. The molecule has 178 valence electrons. The number of allylic oxidation sites excluding steroid dienone is 1. The Hall–Kier alpha value is -4.66. The Kier molecular flexibility index (Phi) is 5.66. The normalized spacial score (nSPS) is 14.4. The van der Waals surface area contributed by atoms with Crippen molar-refractivity contribution in [1.82, 2.24) is 0 Å². The topological polar surface area (TPSA) is 98.8 Å². The smallest absolute Gasteiger partial charge is 0.343 e. The van der Waals surface area contributed by atoms with Crippen LogP contribution in [0.2, 0.25) is 0 Å². The van der Waals surface area contributed by atoms with Gasteiger partial charge in [0.05, 0.1) is 32.5 Å². The molecular weight excluding hydrogens is 456 g/mol. The molecule has 0 unspecified atom stereocenters. The van der Waals surface area contributed by atoms with Crippen molar-refractivity contribution in [2.75, 3.05) is 28.1 Å². The first kappa shape index (κ1) is 22.1. The zero-order chi connectivity index (χ0) is 24.5. The van der Waals surface area contributed by atoms with E-state index in [1.54, 1.807) is 42.5 Å². The highest BCUT2D eigenvalue weighted by Crippen LogP contribution is 2.42. The number of carbonyl (C=O) groups excluding carboxylic acids is 2. The second-order valence-electron chi connectivity index (χ2n) is 7.48. The molecule has 2 aliphatic rings. The van der Waals surface area contributed by atoms with Crippen LogP contribution in [0.5, 0.6) is 40.2 Å². The molecular formula is C26H20O9. The van der Waals surface area contributed by atoms with Gasteiger partial charge in [0.2, 0.25) is 18.3 Å². The monoisotopic (exact) mass is 476 g/mol. The predicted octanol–water partition coefficient (Wildman–Crippen LogP) is 4.28. The quantitative estimate of drug-likeness (QED) is 0.293. The minimum Gasteiger partial charge on any atom is -0.493 e. The van der Waals surface area contributed by atoms with Gasteiger partial charge >= 0.3 is 5.97 Å². The van der Waals surface area contributed by atoms with Crippen LogP contribution in [0.15, 0.2) is 54.3 Å². The van der Waals surface area contributed by atoms with Crippen LogP contribution in [-0.2, 0) is 0 Å². The minimum absolute atomic E-state index is 0.0877. The summed E-state index contributed by atoms with van der Waals surface area (Å²) in [6.45, 7) is 0.106. The van der Waals surface area contributed by atoms with Crippen molar-refractivity contribution in [2.24, 2.45) is 0 Å². The van der Waals surface area contributed by atoms with Crippen LogP contribution in [0.1, 0.15) is 26.3 Å². The molecule has 0 N–H and O–H groups in total. The van der Waals surface area contributed by atoms with Crippen molar-refractivity contribution in [3.05, 3.63) is 71.0 Å². The van der Waals surface area contributed by atoms with Gasteiger partial charge in [-0.25, -0.2) is 4.79 Å². The zero-order valence-electron chi connectivity index (χ0n) is 19.1. The number of esters is 1. The molecule has 0 atom stereocenters. The van der Waals surface area contributed by atoms with Gasteiger partial charge in [0.15, 0.2) is 28.8 Å². The van der Waals surface area contributed by atoms with Crippen molar-refractivity contribution >= 4 is 17.8 Å². The summed E-state index contributed by atoms with van der Waals surface area (Å²) in [6.07, 6.45) is 1.56. The molecule has 35 heavy (non-hydrogen) atoms. The lowest BCUT2D eigenvalue weighted by molar-refractivity contribution is 0.0734. The van der Waals surface area contributed by atoms with E-state index in [4.69, 9.17) is 33.2 Å². The summed E-state index contributed by atoms with van der Waals surface area (Å²) in [7, 11) is 4.51. The second kappa shape index (κ2) is 8.94. The van der Waals surface area contributed by atoms with E-state index in [0.29, 0.717) is 45.4 Å². The summed E-state index contributed by atoms with van der Waals surface area (Å²) in [6, 6.07) is 12.8. The van der Waals surface area contributed by atoms with Crippen LogP contribution in [0.3, 0.4) is 0 Å². The van der Waals surface area contributed by atoms with Crippen molar-refractivity contribution in [3.8, 4) is 40.2 Å². The third-order valence-electron chi connectivity index (χ3n) is 5.48. The van der Waals surface area contributed by atoms with Gasteiger partial charge in [-0.05, 0) is 48.5 Å². The Morgan fingerprint density at radius 3 is 2.43 bits per heavy atom. The fraction of sp³-hybridized carbons (Fsp3) is 0.154. The molecule has 0 amide bonds. The molecule has 3 aromatic rings. The number of methoxy groups -OCH3 is 3. The average Bonchev–Trinajstić information content (AvgIpc) is 3.47. The highest BCUT2D eigenvalue weighted by Gasteiger charge is 2.29. The number of ether oxygens (including phenoxy) is 7. The van der Waals surface area contributed by atoms with Gasteiger partial charge in [0.25, 0.3) is 0 Å². The van der Waals surface area contributed by atoms with Crippen molar-refractivity contribution in [1.29, 1.82) is 0 Å². The van der Waals surface area contributed by atoms with Gasteiger partial charge in [-0.3, -0.25) is 4.79 Å². The van der Waals surface area contributed by atoms with E-state index in [1.165, 1.54) is 33.5 Å². The van der Waals surface area contributed by atoms with E-state index in [1.807, 2.05) is 0 Å². The van der Waals surface area contributed by atoms with Gasteiger partial charge in [0, 0.05) is 11.6 Å². The lowest BCUT2D eigenvalue weighted by Crippen LogP contribution is -2.08. The van der Waals surface area contributed by atoms with Crippen molar-refractivity contribution < 1.29 is 42.7 Å². The molecule has 0 saturated heterocycles. The van der Waals surface area contributed by atoms with Crippen LogP contribution >= 0.6 is 0 Å². The molecule has 2 aliphatic heterocycles. The van der Waals surface area contributed by atoms with Crippen LogP contribution in [0.4, 0.5) is 0 Å². The first-order valence-electron chi connectivity index (χ1n) is 10.5. The first-order chi connectivity index (χ1) is 17.0. The third kappa shape index (κ3) is 3.97. The fourth-order valence-corrected chi connectivity index (χ4v) is 3.80. The summed E-state index contributed by atoms with van der Waals surface area (Å²) in [5.74, 6) is 2.01. The van der Waals surface area contributed by atoms with E-state index < -0.39 is 5.97 Å². The lowest BCUT2D eigenvalue weighted by Gasteiger charge is -2.14. The Morgan fingerprint density at radius 2 is 1.66 bits per heavy atom. The molecule has 9 heteroatoms. The molecule has 3 aromatic carbocycles. The van der Waals surface area contributed by atoms with E-state index in [2.05, 4.69) is 0 Å². The van der Waals surface area contributed by atoms with Gasteiger partial charge < -0.3 is 33.2 Å². The average molecular weight is 476 g/mol. The molecule has 0 radical (unpaired) electrons. The Balaban J connectivity index is 1.38. The summed E-state index contributed by atoms with van der Waals surface area (Å²) in [4.78, 5) is 25.5. The number of fused-ring (bicyclic) bond motifs is 2. The van der Waals surface area contributed by atoms with Crippen LogP contribution < -0.4 is 33.2 Å². The maximum Gasteiger partial charge on any atom is 0.343 e. The van der Waals surface area contributed by atoms with E-state index in [9.17, 15) is 9.59 Å². The van der Waals surface area contributed by atoms with E-state index in [0.717, 1.165) is 0 Å². The standard InChI is InChI=1S/C26H20O9/c1-29-19-9-4-14(24(30-2)25(19)31-3)10-22-23(27)17-7-6-16(12-20(17)35-22)34-26(28)15-5-8-18-21(11-15)33-13-32-18/h4-12H,13H2,1-3H3/b22-10-. The maximum absolute atomic E-state index is 12.9. The summed E-state index contributed by atoms with van der Waals surface area (Å²) in [5, 5.41) is 0. The van der Waals surface area contributed by atoms with Crippen molar-refractivity contribution in [3.63, 3.8) is 0 Å². The highest BCUT2D eigenvalue weighted by atomic mass is 16.7. The number of Topliss-reactive ketones (excluding diaryl/α,β-unsaturated/α-hetero) is 1. The zero-order valence-corrected chi connectivity index (χ0v) is 19.1. The molecule has 0 spiro atoms. The van der Waals surface area contributed by atoms with Gasteiger partial charge in [-0.1, -0.05) is 0 Å². The number of hydrogen-bond acceptors (Lipinski definition) is 9. The second-order valence-corrected chi connectivity index (χ2v) is 7.48. The number of ketones is 1. The molecule has 2 heterocycles. The molecule has 0 fully saturated rings. The molecule has 9 nitrogen and oxygen atoms in total. The molecule has 5 rings (SSSR count). The maximum atomic E-state index is 12.9. The van der Waals surface area contributed by atoms with Gasteiger partial charge in [-0.2, -0.15) is 0 Å². The van der Waals surface area contributed by atoms with Crippen molar-refractivity contribution in [2.45, 2.75) is 0 Å². The largest absolute Gasteiger partial charge is 0.493 e. The van der Waals surface area contributed by atoms with E-state index >= 15 is 0 Å². The molecule has 0 aliphatic carbocycles.